The van der Waals surface area contributed by atoms with Crippen LogP contribution in [-0.2, 0) is 9.47 Å². The number of nitrogens with zero attached hydrogens (tertiary/aromatic N) is 4. The lowest BCUT2D eigenvalue weighted by molar-refractivity contribution is -0.198. The molecular weight excluding hydrogens is 429 g/mol. The number of rotatable bonds is 6. The Morgan fingerprint density at radius 3 is 1.59 bits per heavy atom. The minimum Gasteiger partial charge on any atom is -0.460 e. The number of halogens is 3. The number of hydrogen-bond donors (Lipinski definition) is 0. The Balaban J connectivity index is 1.70. The van der Waals surface area contributed by atoms with Crippen LogP contribution >= 0.6 is 0 Å². The Bertz CT molecular complexity index is 1090. The van der Waals surface area contributed by atoms with Crippen LogP contribution < -0.4 is 0 Å². The molecule has 0 aliphatic carbocycles. The average Bonchev–Trinajstić information content (AvgIpc) is 2.79. The van der Waals surface area contributed by atoms with E-state index in [-0.39, 0.29) is 12.4 Å². The number of esters is 2. The second-order valence-corrected chi connectivity index (χ2v) is 6.48. The van der Waals surface area contributed by atoms with Crippen molar-refractivity contribution in [3.8, 4) is 22.3 Å². The Kier molecular flexibility index (Phi) is 6.76. The van der Waals surface area contributed by atoms with Crippen molar-refractivity contribution in [1.82, 2.24) is 19.9 Å². The lowest BCUT2D eigenvalue weighted by atomic mass is 10.0. The van der Waals surface area contributed by atoms with E-state index in [2.05, 4.69) is 24.7 Å². The Morgan fingerprint density at radius 1 is 0.812 bits per heavy atom. The molecule has 3 rings (SSSR count). The minimum atomic E-state index is -4.67. The van der Waals surface area contributed by atoms with E-state index in [1.165, 1.54) is 24.8 Å². The van der Waals surface area contributed by atoms with Crippen LogP contribution in [0.5, 0.6) is 0 Å². The number of carbonyl (C=O) groups excluding carboxylic acids is 2. The molecule has 0 N–H and O–H groups in total. The molecule has 0 saturated carbocycles. The third-order valence-electron chi connectivity index (χ3n) is 4.24. The third kappa shape index (κ3) is 5.42. The number of carbonyl (C=O) groups is 2. The molecule has 0 radical (unpaired) electrons. The van der Waals surface area contributed by atoms with Gasteiger partial charge in [0.2, 0.25) is 11.6 Å². The van der Waals surface area contributed by atoms with Crippen LogP contribution in [0.15, 0.2) is 49.1 Å². The predicted octanol–water partition coefficient (Wildman–Crippen LogP) is 3.88. The molecule has 1 atom stereocenters. The summed E-state index contributed by atoms with van der Waals surface area (Å²) in [6.45, 7) is 2.64. The van der Waals surface area contributed by atoms with Gasteiger partial charge in [-0.05, 0) is 25.0 Å². The minimum absolute atomic E-state index is 0.0346. The highest BCUT2D eigenvalue weighted by molar-refractivity contribution is 5.86. The molecule has 8 nitrogen and oxygen atoms in total. The Morgan fingerprint density at radius 2 is 1.22 bits per heavy atom. The molecule has 1 aromatic carbocycles. The summed E-state index contributed by atoms with van der Waals surface area (Å²) < 4.78 is 46.7. The average molecular weight is 446 g/mol. The van der Waals surface area contributed by atoms with Crippen LogP contribution in [-0.4, -0.2) is 50.8 Å². The molecule has 0 bridgehead atoms. The largest absolute Gasteiger partial charge is 0.460 e. The molecule has 0 saturated heterocycles. The van der Waals surface area contributed by atoms with Crippen molar-refractivity contribution in [2.75, 3.05) is 6.61 Å². The summed E-state index contributed by atoms with van der Waals surface area (Å²) in [5.41, 5.74) is 2.72. The second-order valence-electron chi connectivity index (χ2n) is 6.48. The van der Waals surface area contributed by atoms with Gasteiger partial charge in [-0.3, -0.25) is 0 Å². The summed E-state index contributed by atoms with van der Waals surface area (Å²) in [4.78, 5) is 39.0. The van der Waals surface area contributed by atoms with Gasteiger partial charge < -0.3 is 9.47 Å². The monoisotopic (exact) mass is 446 g/mol. The van der Waals surface area contributed by atoms with Gasteiger partial charge >= 0.3 is 18.1 Å². The third-order valence-corrected chi connectivity index (χ3v) is 4.24. The van der Waals surface area contributed by atoms with Gasteiger partial charge in [0.25, 0.3) is 0 Å². The normalized spacial score (nSPS) is 12.2. The van der Waals surface area contributed by atoms with Gasteiger partial charge in [0.1, 0.15) is 0 Å². The molecule has 0 unspecified atom stereocenters. The first-order valence-electron chi connectivity index (χ1n) is 9.38. The van der Waals surface area contributed by atoms with Crippen LogP contribution in [0.3, 0.4) is 0 Å². The zero-order valence-electron chi connectivity index (χ0n) is 17.0. The van der Waals surface area contributed by atoms with Gasteiger partial charge in [0.05, 0.1) is 6.61 Å². The smallest absolute Gasteiger partial charge is 0.425 e. The van der Waals surface area contributed by atoms with E-state index in [0.29, 0.717) is 16.7 Å². The fraction of sp³-hybridized carbons (Fsp3) is 0.238. The Hall–Kier alpha value is -3.89. The lowest BCUT2D eigenvalue weighted by Gasteiger charge is -2.15. The van der Waals surface area contributed by atoms with Crippen molar-refractivity contribution in [3.63, 3.8) is 0 Å². The fourth-order valence-corrected chi connectivity index (χ4v) is 2.50. The zero-order valence-corrected chi connectivity index (χ0v) is 17.0. The molecule has 3 aromatic rings. The van der Waals surface area contributed by atoms with Crippen LogP contribution in [0.2, 0.25) is 0 Å². The summed E-state index contributed by atoms with van der Waals surface area (Å²) >= 11 is 0. The van der Waals surface area contributed by atoms with Crippen LogP contribution in [0.1, 0.15) is 35.1 Å². The summed E-state index contributed by atoms with van der Waals surface area (Å²) in [6.07, 6.45) is -1.30. The van der Waals surface area contributed by atoms with E-state index in [1.54, 1.807) is 31.2 Å². The molecule has 2 heterocycles. The number of alkyl halides is 3. The first-order chi connectivity index (χ1) is 15.2. The van der Waals surface area contributed by atoms with Gasteiger partial charge in [-0.15, -0.1) is 0 Å². The first-order valence-corrected chi connectivity index (χ1v) is 9.38. The molecule has 11 heteroatoms. The first kappa shape index (κ1) is 22.8. The molecule has 32 heavy (non-hydrogen) atoms. The van der Waals surface area contributed by atoms with E-state index in [1.807, 2.05) is 0 Å². The van der Waals surface area contributed by atoms with Crippen LogP contribution in [0.4, 0.5) is 13.2 Å². The SMILES string of the molecule is CCOC(=O)c1ncc(-c2ccc(-c3cnc(C(=O)O[C@@H](C)C(F)(F)F)nc3)cc2)cn1. The molecule has 0 amide bonds. The summed E-state index contributed by atoms with van der Waals surface area (Å²) in [5.74, 6) is -2.37. The van der Waals surface area contributed by atoms with Crippen molar-refractivity contribution in [2.45, 2.75) is 26.1 Å². The molecular formula is C21H17F3N4O4. The maximum atomic E-state index is 12.5. The molecule has 0 spiro atoms. The Labute approximate surface area is 180 Å². The van der Waals surface area contributed by atoms with Gasteiger partial charge in [-0.2, -0.15) is 13.2 Å². The molecule has 0 fully saturated rings. The summed E-state index contributed by atoms with van der Waals surface area (Å²) in [6, 6.07) is 7.09. The van der Waals surface area contributed by atoms with E-state index in [4.69, 9.17) is 4.74 Å². The topological polar surface area (TPSA) is 104 Å². The van der Waals surface area contributed by atoms with E-state index >= 15 is 0 Å². The standard InChI is InChI=1S/C21H17F3N4O4/c1-3-31-19(29)17-25-8-15(9-26-17)13-4-6-14(7-5-13)16-10-27-18(28-11-16)20(30)32-12(2)21(22,23)24/h4-12H,3H2,1-2H3/t12-/m0/s1. The highest BCUT2D eigenvalue weighted by atomic mass is 19.4. The predicted molar refractivity (Wildman–Crippen MR) is 105 cm³/mol. The van der Waals surface area contributed by atoms with Crippen LogP contribution in [0, 0.1) is 0 Å². The highest BCUT2D eigenvalue weighted by Gasteiger charge is 2.39. The number of hydrogen-bond acceptors (Lipinski definition) is 8. The number of ether oxygens (including phenoxy) is 2. The zero-order chi connectivity index (χ0) is 23.3. The maximum absolute atomic E-state index is 12.5. The van der Waals surface area contributed by atoms with Crippen molar-refractivity contribution >= 4 is 11.9 Å². The molecule has 166 valence electrons. The number of benzene rings is 1. The maximum Gasteiger partial charge on any atom is 0.425 e. The van der Waals surface area contributed by atoms with Crippen molar-refractivity contribution in [2.24, 2.45) is 0 Å². The van der Waals surface area contributed by atoms with Gasteiger partial charge in [-0.1, -0.05) is 24.3 Å². The summed E-state index contributed by atoms with van der Waals surface area (Å²) in [5, 5.41) is 0. The van der Waals surface area contributed by atoms with Crippen LogP contribution in [0.25, 0.3) is 22.3 Å². The van der Waals surface area contributed by atoms with Crippen molar-refractivity contribution < 1.29 is 32.2 Å². The lowest BCUT2D eigenvalue weighted by Crippen LogP contribution is -2.31. The van der Waals surface area contributed by atoms with Gasteiger partial charge in [0.15, 0.2) is 6.10 Å². The molecule has 0 aliphatic heterocycles. The van der Waals surface area contributed by atoms with E-state index in [0.717, 1.165) is 12.5 Å². The van der Waals surface area contributed by atoms with Gasteiger partial charge in [-0.25, -0.2) is 29.5 Å². The fourth-order valence-electron chi connectivity index (χ4n) is 2.50. The van der Waals surface area contributed by atoms with Crippen molar-refractivity contribution in [3.05, 3.63) is 60.7 Å². The van der Waals surface area contributed by atoms with E-state index < -0.39 is 30.0 Å². The van der Waals surface area contributed by atoms with Gasteiger partial charge in [0, 0.05) is 35.9 Å². The quantitative estimate of drug-likeness (QED) is 0.526. The molecule has 0 aliphatic rings. The molecule has 2 aromatic heterocycles. The second kappa shape index (κ2) is 9.50. The highest BCUT2D eigenvalue weighted by Crippen LogP contribution is 2.25. The number of aromatic nitrogens is 4. The summed E-state index contributed by atoms with van der Waals surface area (Å²) in [7, 11) is 0. The van der Waals surface area contributed by atoms with E-state index in [9.17, 15) is 22.8 Å². The van der Waals surface area contributed by atoms with Crippen molar-refractivity contribution in [1.29, 1.82) is 0 Å².